The van der Waals surface area contributed by atoms with Gasteiger partial charge in [0.15, 0.2) is 0 Å². The van der Waals surface area contributed by atoms with Gasteiger partial charge in [-0.2, -0.15) is 5.26 Å². The summed E-state index contributed by atoms with van der Waals surface area (Å²) in [5, 5.41) is 20.1. The normalized spacial score (nSPS) is 10.3. The maximum Gasteiger partial charge on any atom is 0.329 e. The van der Waals surface area contributed by atoms with E-state index in [1.54, 1.807) is 30.8 Å². The van der Waals surface area contributed by atoms with Crippen molar-refractivity contribution in [3.63, 3.8) is 0 Å². The molecule has 25 heavy (non-hydrogen) atoms. The standard InChI is InChI=1S/C17H16FN3O4/c1-10-12(8-25-9-15(22)23)7-21(2)16(10)17(24)20-13-3-4-14(18)11(5-13)6-19/h3-5,7H,8-9H2,1-2H3,(H,20,24)(H,22,23). The van der Waals surface area contributed by atoms with Gasteiger partial charge in [-0.3, -0.25) is 4.79 Å². The number of nitriles is 1. The first-order valence-electron chi connectivity index (χ1n) is 7.28. The highest BCUT2D eigenvalue weighted by Crippen LogP contribution is 2.20. The van der Waals surface area contributed by atoms with Gasteiger partial charge in [0.1, 0.15) is 24.2 Å². The van der Waals surface area contributed by atoms with E-state index in [2.05, 4.69) is 5.32 Å². The minimum Gasteiger partial charge on any atom is -0.480 e. The number of rotatable bonds is 6. The molecule has 0 aliphatic heterocycles. The summed E-state index contributed by atoms with van der Waals surface area (Å²) in [6.07, 6.45) is 1.68. The number of halogens is 1. The van der Waals surface area contributed by atoms with Gasteiger partial charge in [0, 0.05) is 18.9 Å². The zero-order valence-electron chi connectivity index (χ0n) is 13.7. The first-order valence-corrected chi connectivity index (χ1v) is 7.28. The zero-order chi connectivity index (χ0) is 18.6. The van der Waals surface area contributed by atoms with Crippen LogP contribution in [0.5, 0.6) is 0 Å². The average Bonchev–Trinajstić information content (AvgIpc) is 2.83. The van der Waals surface area contributed by atoms with Crippen LogP contribution in [0.1, 0.15) is 27.2 Å². The average molecular weight is 345 g/mol. The quantitative estimate of drug-likeness (QED) is 0.835. The topological polar surface area (TPSA) is 104 Å². The lowest BCUT2D eigenvalue weighted by Crippen LogP contribution is -2.17. The fourth-order valence-electron chi connectivity index (χ4n) is 2.42. The van der Waals surface area contributed by atoms with Crippen molar-refractivity contribution in [2.75, 3.05) is 11.9 Å². The Labute approximate surface area is 143 Å². The number of hydrogen-bond acceptors (Lipinski definition) is 4. The third-order valence-corrected chi connectivity index (χ3v) is 3.58. The molecular formula is C17H16FN3O4. The Bertz CT molecular complexity index is 868. The Kier molecular flexibility index (Phi) is 5.52. The van der Waals surface area contributed by atoms with Gasteiger partial charge in [-0.1, -0.05) is 0 Å². The first kappa shape index (κ1) is 18.2. The van der Waals surface area contributed by atoms with E-state index >= 15 is 0 Å². The number of aryl methyl sites for hydroxylation is 1. The second kappa shape index (κ2) is 7.59. The Morgan fingerprint density at radius 3 is 2.80 bits per heavy atom. The van der Waals surface area contributed by atoms with Crippen LogP contribution in [-0.4, -0.2) is 28.2 Å². The number of carboxylic acids is 1. The van der Waals surface area contributed by atoms with Crippen molar-refractivity contribution in [2.45, 2.75) is 13.5 Å². The Morgan fingerprint density at radius 2 is 2.16 bits per heavy atom. The molecule has 8 heteroatoms. The molecule has 0 fully saturated rings. The summed E-state index contributed by atoms with van der Waals surface area (Å²) in [7, 11) is 1.67. The monoisotopic (exact) mass is 345 g/mol. The molecule has 0 radical (unpaired) electrons. The molecule has 1 aromatic carbocycles. The van der Waals surface area contributed by atoms with Crippen LogP contribution in [0.15, 0.2) is 24.4 Å². The Hall–Kier alpha value is -3.18. The zero-order valence-corrected chi connectivity index (χ0v) is 13.7. The molecule has 0 saturated carbocycles. The van der Waals surface area contributed by atoms with E-state index in [0.29, 0.717) is 22.5 Å². The summed E-state index contributed by atoms with van der Waals surface area (Å²) in [6.45, 7) is 1.36. The number of amides is 1. The number of hydrogen-bond donors (Lipinski definition) is 2. The summed E-state index contributed by atoms with van der Waals surface area (Å²) in [5.74, 6) is -2.16. The van der Waals surface area contributed by atoms with Crippen LogP contribution in [0.3, 0.4) is 0 Å². The molecule has 0 aliphatic rings. The molecule has 0 saturated heterocycles. The minimum absolute atomic E-state index is 0.0639. The predicted molar refractivity (Wildman–Crippen MR) is 86.5 cm³/mol. The highest BCUT2D eigenvalue weighted by Gasteiger charge is 2.18. The highest BCUT2D eigenvalue weighted by molar-refractivity contribution is 6.04. The molecular weight excluding hydrogens is 329 g/mol. The van der Waals surface area contributed by atoms with Crippen LogP contribution in [0.25, 0.3) is 0 Å². The number of aliphatic carboxylic acids is 1. The number of carbonyl (C=O) groups excluding carboxylic acids is 1. The number of aromatic nitrogens is 1. The fourth-order valence-corrected chi connectivity index (χ4v) is 2.42. The fraction of sp³-hybridized carbons (Fsp3) is 0.235. The maximum absolute atomic E-state index is 13.3. The van der Waals surface area contributed by atoms with Gasteiger partial charge >= 0.3 is 5.97 Å². The molecule has 2 rings (SSSR count). The van der Waals surface area contributed by atoms with Gasteiger partial charge < -0.3 is 19.7 Å². The number of carboxylic acid groups (broad SMARTS) is 1. The largest absolute Gasteiger partial charge is 0.480 e. The molecule has 1 heterocycles. The van der Waals surface area contributed by atoms with E-state index in [9.17, 15) is 14.0 Å². The third kappa shape index (κ3) is 4.22. The predicted octanol–water partition coefficient (Wildman–Crippen LogP) is 2.20. The van der Waals surface area contributed by atoms with Gasteiger partial charge in [-0.25, -0.2) is 9.18 Å². The molecule has 1 aromatic heterocycles. The summed E-state index contributed by atoms with van der Waals surface area (Å²) < 4.78 is 20.0. The molecule has 2 N–H and O–H groups in total. The molecule has 0 unspecified atom stereocenters. The van der Waals surface area contributed by atoms with Crippen LogP contribution in [0, 0.1) is 24.1 Å². The van der Waals surface area contributed by atoms with E-state index in [0.717, 1.165) is 6.07 Å². The SMILES string of the molecule is Cc1c(COCC(=O)O)cn(C)c1C(=O)Nc1ccc(F)c(C#N)c1. The maximum atomic E-state index is 13.3. The molecule has 1 amide bonds. The van der Waals surface area contributed by atoms with Gasteiger partial charge in [0.25, 0.3) is 5.91 Å². The number of carbonyl (C=O) groups is 2. The number of ether oxygens (including phenoxy) is 1. The van der Waals surface area contributed by atoms with Crippen molar-refractivity contribution in [1.29, 1.82) is 5.26 Å². The highest BCUT2D eigenvalue weighted by atomic mass is 19.1. The van der Waals surface area contributed by atoms with Crippen molar-refractivity contribution in [3.05, 3.63) is 52.6 Å². The molecule has 130 valence electrons. The van der Waals surface area contributed by atoms with Gasteiger partial charge in [0.05, 0.1) is 12.2 Å². The van der Waals surface area contributed by atoms with Crippen molar-refractivity contribution in [2.24, 2.45) is 7.05 Å². The summed E-state index contributed by atoms with van der Waals surface area (Å²) >= 11 is 0. The Morgan fingerprint density at radius 1 is 1.44 bits per heavy atom. The van der Waals surface area contributed by atoms with E-state index in [1.807, 2.05) is 0 Å². The molecule has 0 aliphatic carbocycles. The van der Waals surface area contributed by atoms with Crippen molar-refractivity contribution >= 4 is 17.6 Å². The van der Waals surface area contributed by atoms with Gasteiger partial charge in [0.2, 0.25) is 0 Å². The molecule has 0 atom stereocenters. The Balaban J connectivity index is 2.18. The minimum atomic E-state index is -1.07. The number of anilines is 1. The van der Waals surface area contributed by atoms with Crippen LogP contribution >= 0.6 is 0 Å². The van der Waals surface area contributed by atoms with Crippen molar-refractivity contribution in [1.82, 2.24) is 4.57 Å². The number of benzene rings is 1. The summed E-state index contributed by atoms with van der Waals surface area (Å²) in [5.41, 5.74) is 1.83. The number of nitrogens with one attached hydrogen (secondary N) is 1. The molecule has 0 bridgehead atoms. The van der Waals surface area contributed by atoms with Crippen LogP contribution in [0.4, 0.5) is 10.1 Å². The van der Waals surface area contributed by atoms with Crippen LogP contribution in [-0.2, 0) is 23.2 Å². The first-order chi connectivity index (χ1) is 11.8. The van der Waals surface area contributed by atoms with E-state index in [1.165, 1.54) is 12.1 Å². The van der Waals surface area contributed by atoms with Gasteiger partial charge in [-0.15, -0.1) is 0 Å². The van der Waals surface area contributed by atoms with Crippen molar-refractivity contribution in [3.8, 4) is 6.07 Å². The lowest BCUT2D eigenvalue weighted by atomic mass is 10.1. The molecule has 0 spiro atoms. The summed E-state index contributed by atoms with van der Waals surface area (Å²) in [6, 6.07) is 5.44. The van der Waals surface area contributed by atoms with Crippen LogP contribution in [0.2, 0.25) is 0 Å². The second-order valence-electron chi connectivity index (χ2n) is 5.39. The second-order valence-corrected chi connectivity index (χ2v) is 5.39. The van der Waals surface area contributed by atoms with E-state index < -0.39 is 24.3 Å². The summed E-state index contributed by atoms with van der Waals surface area (Å²) in [4.78, 5) is 23.0. The third-order valence-electron chi connectivity index (χ3n) is 3.58. The lowest BCUT2D eigenvalue weighted by Gasteiger charge is -2.08. The van der Waals surface area contributed by atoms with Gasteiger partial charge in [-0.05, 0) is 36.2 Å². The smallest absolute Gasteiger partial charge is 0.329 e. The number of nitrogens with zero attached hydrogens (tertiary/aromatic N) is 2. The van der Waals surface area contributed by atoms with Crippen LogP contribution < -0.4 is 5.32 Å². The molecule has 2 aromatic rings. The lowest BCUT2D eigenvalue weighted by molar-refractivity contribution is -0.142. The molecule has 7 nitrogen and oxygen atoms in total. The van der Waals surface area contributed by atoms with E-state index in [-0.39, 0.29) is 12.2 Å². The van der Waals surface area contributed by atoms with Crippen molar-refractivity contribution < 1.29 is 23.8 Å². The van der Waals surface area contributed by atoms with E-state index in [4.69, 9.17) is 15.1 Å².